The molecule has 50 heavy (non-hydrogen) atoms. The van der Waals surface area contributed by atoms with Crippen LogP contribution in [0.4, 0.5) is 39.8 Å². The highest BCUT2D eigenvalue weighted by atomic mass is 32.2. The Balaban J connectivity index is 1.29. The van der Waals surface area contributed by atoms with Gasteiger partial charge in [0, 0.05) is 0 Å². The average molecular weight is 717 g/mol. The number of anilines is 3. The number of hydrazone groups is 1. The van der Waals surface area contributed by atoms with Crippen molar-refractivity contribution in [3.8, 4) is 11.1 Å². The topological polar surface area (TPSA) is 289 Å². The Bertz CT molecular complexity index is 2410. The van der Waals surface area contributed by atoms with Gasteiger partial charge in [-0.3, -0.25) is 19.3 Å². The number of carbonyl (C=O) groups is 2. The van der Waals surface area contributed by atoms with Gasteiger partial charge in [-0.25, -0.2) is 4.79 Å². The van der Waals surface area contributed by atoms with Gasteiger partial charge in [0.15, 0.2) is 5.78 Å². The molecule has 0 heterocycles. The summed E-state index contributed by atoms with van der Waals surface area (Å²) in [7, 11) is -9.75. The van der Waals surface area contributed by atoms with Gasteiger partial charge in [0.05, 0.1) is 33.4 Å². The average Bonchev–Trinajstić information content (AvgIpc) is 3.06. The van der Waals surface area contributed by atoms with Crippen molar-refractivity contribution >= 4 is 77.5 Å². The van der Waals surface area contributed by atoms with E-state index in [1.807, 2.05) is 24.3 Å². The molecule has 0 amide bonds. The van der Waals surface area contributed by atoms with Crippen LogP contribution >= 0.6 is 0 Å². The van der Waals surface area contributed by atoms with E-state index in [1.54, 1.807) is 24.3 Å². The molecule has 0 saturated carbocycles. The molecule has 4 aromatic rings. The molecule has 0 bridgehead atoms. The van der Waals surface area contributed by atoms with Crippen LogP contribution in [-0.2, 0) is 29.8 Å². The fraction of sp³-hybridized carbons (Fsp3) is 0. The molecule has 4 aromatic carbocycles. The largest absolute Gasteiger partial charge is 0.478 e. The van der Waals surface area contributed by atoms with Gasteiger partial charge in [-0.2, -0.15) is 27.1 Å². The maximum absolute atomic E-state index is 11.8. The number of aliphatic carboxylic acids is 1. The van der Waals surface area contributed by atoms with Crippen LogP contribution in [0.2, 0.25) is 0 Å². The second-order valence-electron chi connectivity index (χ2n) is 10.3. The van der Waals surface area contributed by atoms with Gasteiger partial charge in [0.2, 0.25) is 0 Å². The number of carbonyl (C=O) groups excluding carboxylic acids is 1. The minimum atomic E-state index is -4.97. The summed E-state index contributed by atoms with van der Waals surface area (Å²) in [5.41, 5.74) is 17.4. The lowest BCUT2D eigenvalue weighted by atomic mass is 10.0. The Kier molecular flexibility index (Phi) is 9.76. The molecule has 1 aliphatic rings. The van der Waals surface area contributed by atoms with Crippen molar-refractivity contribution in [2.24, 2.45) is 25.6 Å². The van der Waals surface area contributed by atoms with Crippen molar-refractivity contribution in [2.75, 3.05) is 16.9 Å². The van der Waals surface area contributed by atoms with Crippen LogP contribution in [0.5, 0.6) is 0 Å². The summed E-state index contributed by atoms with van der Waals surface area (Å²) < 4.78 is 65.2. The first-order valence-electron chi connectivity index (χ1n) is 13.9. The lowest BCUT2D eigenvalue weighted by Crippen LogP contribution is -2.15. The fourth-order valence-electron chi connectivity index (χ4n) is 4.29. The monoisotopic (exact) mass is 716 g/mol. The molecule has 0 spiro atoms. The fourth-order valence-corrected chi connectivity index (χ4v) is 5.52. The van der Waals surface area contributed by atoms with Gasteiger partial charge >= 0.3 is 5.97 Å². The number of nitrogen functional groups attached to an aromatic ring is 2. The van der Waals surface area contributed by atoms with Crippen molar-refractivity contribution in [3.05, 3.63) is 103 Å². The molecule has 8 N–H and O–H groups in total. The number of nitrogens with one attached hydrogen (secondary N) is 1. The van der Waals surface area contributed by atoms with Crippen LogP contribution in [0, 0.1) is 0 Å². The molecule has 0 unspecified atom stereocenters. The number of azo groups is 2. The number of carboxylic acid groups (broad SMARTS) is 1. The molecule has 0 aromatic heterocycles. The van der Waals surface area contributed by atoms with Gasteiger partial charge in [-0.15, -0.1) is 15.3 Å². The summed E-state index contributed by atoms with van der Waals surface area (Å²) in [5, 5.41) is 29.3. The zero-order chi connectivity index (χ0) is 36.2. The van der Waals surface area contributed by atoms with E-state index in [1.165, 1.54) is 24.3 Å². The Hall–Kier alpha value is -6.41. The van der Waals surface area contributed by atoms with Crippen molar-refractivity contribution < 1.29 is 40.6 Å². The highest BCUT2D eigenvalue weighted by Gasteiger charge is 2.21. The highest BCUT2D eigenvalue weighted by molar-refractivity contribution is 7.86. The van der Waals surface area contributed by atoms with Crippen LogP contribution in [0.15, 0.2) is 138 Å². The summed E-state index contributed by atoms with van der Waals surface area (Å²) in [5.74, 6) is -1.94. The molecule has 0 aliphatic heterocycles. The summed E-state index contributed by atoms with van der Waals surface area (Å²) >= 11 is 0. The molecule has 19 heteroatoms. The maximum atomic E-state index is 11.8. The third-order valence-electron chi connectivity index (χ3n) is 6.81. The molecule has 0 saturated heterocycles. The van der Waals surface area contributed by atoms with E-state index in [-0.39, 0.29) is 34.0 Å². The van der Waals surface area contributed by atoms with Gasteiger partial charge < -0.3 is 16.6 Å². The van der Waals surface area contributed by atoms with E-state index in [0.29, 0.717) is 17.4 Å². The second kappa shape index (κ2) is 14.0. The Morgan fingerprint density at radius 3 is 1.84 bits per heavy atom. The van der Waals surface area contributed by atoms with Crippen molar-refractivity contribution in [3.63, 3.8) is 0 Å². The number of nitrogens with two attached hydrogens (primary N) is 2. The molecule has 254 valence electrons. The second-order valence-corrected chi connectivity index (χ2v) is 13.1. The molecule has 0 radical (unpaired) electrons. The first-order valence-corrected chi connectivity index (χ1v) is 16.8. The van der Waals surface area contributed by atoms with E-state index in [9.17, 15) is 35.5 Å². The van der Waals surface area contributed by atoms with Crippen LogP contribution in [0.1, 0.15) is 0 Å². The number of allylic oxidation sites excluding steroid dienone is 3. The van der Waals surface area contributed by atoms with Gasteiger partial charge in [-0.05, 0) is 84.0 Å². The third-order valence-corrected chi connectivity index (χ3v) is 8.55. The van der Waals surface area contributed by atoms with E-state index in [0.717, 1.165) is 29.3 Å². The van der Waals surface area contributed by atoms with Crippen LogP contribution in [0.25, 0.3) is 11.1 Å². The molecular weight excluding hydrogens is 693 g/mol. The Labute approximate surface area is 283 Å². The predicted octanol–water partition coefficient (Wildman–Crippen LogP) is 5.76. The van der Waals surface area contributed by atoms with E-state index in [2.05, 4.69) is 31.0 Å². The number of nitrogens with zero attached hydrogens (tertiary/aromatic N) is 5. The lowest BCUT2D eigenvalue weighted by Gasteiger charge is -2.07. The number of hydrogen-bond acceptors (Lipinski definition) is 14. The van der Waals surface area contributed by atoms with E-state index in [4.69, 9.17) is 16.6 Å². The summed E-state index contributed by atoms with van der Waals surface area (Å²) in [4.78, 5) is 21.1. The van der Waals surface area contributed by atoms with Gasteiger partial charge in [-0.1, -0.05) is 24.3 Å². The lowest BCUT2D eigenvalue weighted by molar-refractivity contribution is -0.134. The van der Waals surface area contributed by atoms with Crippen LogP contribution in [-0.4, -0.2) is 48.5 Å². The standard InChI is InChI=1S/C31H24N8O9S2/c32-24-15-25(33)28(39-37-26-11-10-22(49(43,44)45)14-30(26)50(46,47)48)16-27(24)38-35-20-7-3-18(4-8-20)17-1-5-19(6-2-17)34-36-21-9-12-29(40)23(13-21)31(41)42/h1-16,34H,32-33H2,(H,41,42)(H,43,44,45)(H,46,47,48)/b36-21+,38-35?,39-37?. The molecule has 1 aliphatic carbocycles. The summed E-state index contributed by atoms with van der Waals surface area (Å²) in [6.07, 6.45) is 3.73. The molecular formula is C31H24N8O9S2. The maximum Gasteiger partial charge on any atom is 0.339 e. The zero-order valence-corrected chi connectivity index (χ0v) is 26.9. The molecule has 0 atom stereocenters. The van der Waals surface area contributed by atoms with Crippen molar-refractivity contribution in [1.29, 1.82) is 0 Å². The number of carboxylic acids is 1. The predicted molar refractivity (Wildman–Crippen MR) is 182 cm³/mol. The summed E-state index contributed by atoms with van der Waals surface area (Å²) in [6.45, 7) is 0. The van der Waals surface area contributed by atoms with Gasteiger partial charge in [0.1, 0.15) is 27.5 Å². The van der Waals surface area contributed by atoms with Crippen molar-refractivity contribution in [1.82, 2.24) is 0 Å². The highest BCUT2D eigenvalue weighted by Crippen LogP contribution is 2.36. The van der Waals surface area contributed by atoms with Crippen LogP contribution in [0.3, 0.4) is 0 Å². The van der Waals surface area contributed by atoms with E-state index >= 15 is 0 Å². The Morgan fingerprint density at radius 1 is 0.680 bits per heavy atom. The van der Waals surface area contributed by atoms with Crippen LogP contribution < -0.4 is 16.9 Å². The number of ketones is 1. The first-order chi connectivity index (χ1) is 23.6. The number of hydrogen-bond donors (Lipinski definition) is 6. The van der Waals surface area contributed by atoms with Gasteiger partial charge in [0.25, 0.3) is 20.2 Å². The summed E-state index contributed by atoms with van der Waals surface area (Å²) in [6, 6.07) is 19.2. The quantitative estimate of drug-likeness (QED) is 0.0285. The third kappa shape index (κ3) is 8.35. The molecule has 17 nitrogen and oxygen atoms in total. The SMILES string of the molecule is Nc1cc(N)c(N=Nc2ccc(S(=O)(=O)O)cc2S(=O)(=O)O)cc1N=Nc1ccc(-c2ccc(N/N=C3\C=CC(=O)C(C(=O)O)=C3)cc2)cc1. The van der Waals surface area contributed by atoms with Crippen molar-refractivity contribution in [2.45, 2.75) is 9.79 Å². The number of rotatable bonds is 10. The minimum absolute atomic E-state index is 0.000226. The molecule has 5 rings (SSSR count). The Morgan fingerprint density at radius 2 is 1.26 bits per heavy atom. The normalized spacial score (nSPS) is 14.4. The van der Waals surface area contributed by atoms with E-state index < -0.39 is 47.5 Å². The zero-order valence-electron chi connectivity index (χ0n) is 25.2. The smallest absolute Gasteiger partial charge is 0.339 e. The molecule has 0 fully saturated rings. The number of benzene rings is 4. The minimum Gasteiger partial charge on any atom is -0.478 e. The first kappa shape index (κ1) is 34.9.